The number of ether oxygens (including phenoxy) is 6. The van der Waals surface area contributed by atoms with Crippen molar-refractivity contribution < 1.29 is 47.6 Å². The maximum atomic E-state index is 13.3. The Balaban J connectivity index is 0.987. The van der Waals surface area contributed by atoms with Crippen molar-refractivity contribution in [2.75, 3.05) is 26.4 Å². The third-order valence-electron chi connectivity index (χ3n) is 10.9. The Labute approximate surface area is 377 Å². The SMILES string of the molecule is C=CC(=O)OCCCCCCCCOc1ccc(-c2ccc(C(=O)O[C@@H]3CCCC[C@H]3OC(=O)c3ccc(-c4ccc(OCCCCCCCCOC(=O)C=C)cn4)cc3)cc2)nc1. The molecule has 1 aliphatic carbocycles. The quantitative estimate of drug-likeness (QED) is 0.0231. The fourth-order valence-electron chi connectivity index (χ4n) is 7.24. The number of carbonyl (C=O) groups excluding carboxylic acids is 4. The average Bonchev–Trinajstić information content (AvgIpc) is 3.33. The number of esters is 4. The second-order valence-corrected chi connectivity index (χ2v) is 15.8. The monoisotopic (exact) mass is 874 g/mol. The lowest BCUT2D eigenvalue weighted by Gasteiger charge is -2.30. The number of hydrogen-bond donors (Lipinski definition) is 0. The molecule has 0 unspecified atom stereocenters. The molecular formula is C52H62N2O10. The molecule has 12 nitrogen and oxygen atoms in total. The van der Waals surface area contributed by atoms with Gasteiger partial charge in [0.25, 0.3) is 0 Å². The van der Waals surface area contributed by atoms with Crippen LogP contribution in [0.5, 0.6) is 11.5 Å². The number of rotatable bonds is 28. The van der Waals surface area contributed by atoms with E-state index in [9.17, 15) is 19.2 Å². The van der Waals surface area contributed by atoms with Gasteiger partial charge in [-0.2, -0.15) is 0 Å². The summed E-state index contributed by atoms with van der Waals surface area (Å²) in [6.45, 7) is 8.88. The van der Waals surface area contributed by atoms with E-state index < -0.39 is 24.1 Å². The van der Waals surface area contributed by atoms with Crippen LogP contribution in [0.4, 0.5) is 0 Å². The molecule has 0 N–H and O–H groups in total. The normalized spacial score (nSPS) is 14.4. The summed E-state index contributed by atoms with van der Waals surface area (Å²) in [6.07, 6.45) is 19.8. The molecule has 2 heterocycles. The van der Waals surface area contributed by atoms with Gasteiger partial charge in [-0.05, 0) is 99.9 Å². The first-order valence-electron chi connectivity index (χ1n) is 22.7. The smallest absolute Gasteiger partial charge is 0.338 e. The van der Waals surface area contributed by atoms with Crippen molar-refractivity contribution in [1.82, 2.24) is 9.97 Å². The van der Waals surface area contributed by atoms with E-state index in [0.29, 0.717) is 61.9 Å². The first-order valence-corrected chi connectivity index (χ1v) is 22.7. The van der Waals surface area contributed by atoms with Gasteiger partial charge in [0, 0.05) is 23.3 Å². The minimum atomic E-state index is -0.545. The summed E-state index contributed by atoms with van der Waals surface area (Å²) in [5.74, 6) is -0.273. The predicted molar refractivity (Wildman–Crippen MR) is 245 cm³/mol. The first-order chi connectivity index (χ1) is 31.3. The molecule has 1 fully saturated rings. The molecule has 0 saturated heterocycles. The van der Waals surface area contributed by atoms with Crippen LogP contribution in [0.15, 0.2) is 111 Å². The van der Waals surface area contributed by atoms with Crippen molar-refractivity contribution in [3.63, 3.8) is 0 Å². The molecule has 340 valence electrons. The molecule has 4 aromatic rings. The summed E-state index contributed by atoms with van der Waals surface area (Å²) in [7, 11) is 0. The number of hydrogen-bond acceptors (Lipinski definition) is 12. The summed E-state index contributed by atoms with van der Waals surface area (Å²) in [5, 5.41) is 0. The van der Waals surface area contributed by atoms with Gasteiger partial charge in [-0.1, -0.05) is 88.8 Å². The molecule has 64 heavy (non-hydrogen) atoms. The van der Waals surface area contributed by atoms with Crippen LogP contribution < -0.4 is 9.47 Å². The third-order valence-corrected chi connectivity index (χ3v) is 10.9. The van der Waals surface area contributed by atoms with Gasteiger partial charge in [0.2, 0.25) is 0 Å². The van der Waals surface area contributed by atoms with Crippen molar-refractivity contribution >= 4 is 23.9 Å². The molecule has 0 bridgehead atoms. The lowest BCUT2D eigenvalue weighted by atomic mass is 9.94. The molecule has 0 amide bonds. The van der Waals surface area contributed by atoms with E-state index in [1.807, 2.05) is 48.5 Å². The van der Waals surface area contributed by atoms with Crippen LogP contribution in [0.1, 0.15) is 123 Å². The molecule has 2 aromatic carbocycles. The Bertz CT molecular complexity index is 1900. The molecule has 1 saturated carbocycles. The Morgan fingerprint density at radius 3 is 1.19 bits per heavy atom. The Morgan fingerprint density at radius 2 is 0.844 bits per heavy atom. The van der Waals surface area contributed by atoms with Crippen LogP contribution in [0, 0.1) is 0 Å². The van der Waals surface area contributed by atoms with Gasteiger partial charge in [-0.3, -0.25) is 9.97 Å². The van der Waals surface area contributed by atoms with E-state index in [4.69, 9.17) is 28.4 Å². The standard InChI is InChI=1S/C52H62N2O10/c1-3-49(55)61-35-17-11-7-5-9-15-33-59-43-29-31-45(53-37-43)39-21-25-41(26-22-39)51(57)63-47-19-13-14-20-48(47)64-52(58)42-27-23-40(24-28-42)46-32-30-44(38-54-46)60-34-16-10-6-8-12-18-36-62-50(56)4-2/h3-4,21-32,37-38,47-48H,1-2,5-20,33-36H2/t47-,48-/m1/s1. The van der Waals surface area contributed by atoms with Gasteiger partial charge in [0.1, 0.15) is 23.7 Å². The fraction of sp³-hybridized carbons (Fsp3) is 0.423. The number of nitrogens with zero attached hydrogens (tertiary/aromatic N) is 2. The summed E-state index contributed by atoms with van der Waals surface area (Å²) in [5.41, 5.74) is 4.04. The molecule has 2 atom stereocenters. The van der Waals surface area contributed by atoms with Crippen molar-refractivity contribution in [3.8, 4) is 34.0 Å². The zero-order valence-corrected chi connectivity index (χ0v) is 36.9. The van der Waals surface area contributed by atoms with Gasteiger partial charge in [0.15, 0.2) is 0 Å². The van der Waals surface area contributed by atoms with Crippen LogP contribution in [-0.2, 0) is 28.5 Å². The van der Waals surface area contributed by atoms with E-state index in [1.54, 1.807) is 36.7 Å². The number of carbonyl (C=O) groups is 4. The fourth-order valence-corrected chi connectivity index (χ4v) is 7.24. The molecule has 5 rings (SSSR count). The van der Waals surface area contributed by atoms with Gasteiger partial charge < -0.3 is 28.4 Å². The van der Waals surface area contributed by atoms with Crippen LogP contribution in [0.2, 0.25) is 0 Å². The molecule has 2 aromatic heterocycles. The van der Waals surface area contributed by atoms with Crippen LogP contribution in [0.3, 0.4) is 0 Å². The Hall–Kier alpha value is -6.30. The second kappa shape index (κ2) is 27.7. The highest BCUT2D eigenvalue weighted by molar-refractivity contribution is 5.91. The number of unbranched alkanes of at least 4 members (excludes halogenated alkanes) is 10. The maximum absolute atomic E-state index is 13.3. The molecule has 1 aliphatic rings. The summed E-state index contributed by atoms with van der Waals surface area (Å²) < 4.78 is 33.6. The van der Waals surface area contributed by atoms with Gasteiger partial charge in [-0.15, -0.1) is 0 Å². The first kappa shape index (κ1) is 48.7. The van der Waals surface area contributed by atoms with E-state index in [1.165, 1.54) is 12.2 Å². The highest BCUT2D eigenvalue weighted by atomic mass is 16.6. The molecule has 0 spiro atoms. The van der Waals surface area contributed by atoms with Crippen LogP contribution in [-0.4, -0.2) is 72.5 Å². The topological polar surface area (TPSA) is 149 Å². The van der Waals surface area contributed by atoms with Crippen molar-refractivity contribution in [2.24, 2.45) is 0 Å². The average molecular weight is 875 g/mol. The zero-order chi connectivity index (χ0) is 45.2. The molecule has 0 radical (unpaired) electrons. The number of pyridine rings is 2. The van der Waals surface area contributed by atoms with Gasteiger partial charge in [0.05, 0.1) is 61.3 Å². The highest BCUT2D eigenvalue weighted by Gasteiger charge is 2.32. The molecular weight excluding hydrogens is 813 g/mol. The predicted octanol–water partition coefficient (Wildman–Crippen LogP) is 11.0. The number of benzene rings is 2. The van der Waals surface area contributed by atoms with E-state index in [0.717, 1.165) is 112 Å². The summed E-state index contributed by atoms with van der Waals surface area (Å²) in [6, 6.07) is 21.8. The minimum absolute atomic E-state index is 0.373. The Kier molecular flexibility index (Phi) is 21.1. The van der Waals surface area contributed by atoms with Gasteiger partial charge >= 0.3 is 23.9 Å². The van der Waals surface area contributed by atoms with Crippen molar-refractivity contribution in [3.05, 3.63) is 122 Å². The van der Waals surface area contributed by atoms with E-state index in [-0.39, 0.29) is 11.9 Å². The van der Waals surface area contributed by atoms with Crippen molar-refractivity contribution in [1.29, 1.82) is 0 Å². The van der Waals surface area contributed by atoms with E-state index in [2.05, 4.69) is 23.1 Å². The largest absolute Gasteiger partial charge is 0.492 e. The minimum Gasteiger partial charge on any atom is -0.492 e. The lowest BCUT2D eigenvalue weighted by Crippen LogP contribution is -2.37. The molecule has 12 heteroatoms. The highest BCUT2D eigenvalue weighted by Crippen LogP contribution is 2.28. The van der Waals surface area contributed by atoms with Crippen LogP contribution >= 0.6 is 0 Å². The van der Waals surface area contributed by atoms with Gasteiger partial charge in [-0.25, -0.2) is 19.2 Å². The second-order valence-electron chi connectivity index (χ2n) is 15.8. The Morgan fingerprint density at radius 1 is 0.484 bits per heavy atom. The van der Waals surface area contributed by atoms with E-state index >= 15 is 0 Å². The molecule has 0 aliphatic heterocycles. The van der Waals surface area contributed by atoms with Crippen molar-refractivity contribution in [2.45, 2.75) is 115 Å². The number of aromatic nitrogens is 2. The zero-order valence-electron chi connectivity index (χ0n) is 36.9. The maximum Gasteiger partial charge on any atom is 0.338 e. The summed E-state index contributed by atoms with van der Waals surface area (Å²) >= 11 is 0. The lowest BCUT2D eigenvalue weighted by molar-refractivity contribution is -0.138. The summed E-state index contributed by atoms with van der Waals surface area (Å²) in [4.78, 5) is 57.8. The van der Waals surface area contributed by atoms with Crippen LogP contribution in [0.25, 0.3) is 22.5 Å². The third kappa shape index (κ3) is 17.1.